The molecule has 0 saturated heterocycles. The molecule has 3 N–H and O–H groups in total. The Balaban J connectivity index is 1.98. The summed E-state index contributed by atoms with van der Waals surface area (Å²) in [5.41, 5.74) is 3.96. The molecule has 26 heavy (non-hydrogen) atoms. The van der Waals surface area contributed by atoms with E-state index in [4.69, 9.17) is 4.74 Å². The van der Waals surface area contributed by atoms with Crippen molar-refractivity contribution in [1.29, 1.82) is 0 Å². The molecule has 0 aliphatic rings. The Morgan fingerprint density at radius 2 is 2.15 bits per heavy atom. The van der Waals surface area contributed by atoms with Crippen LogP contribution in [0.15, 0.2) is 41.5 Å². The van der Waals surface area contributed by atoms with Gasteiger partial charge in [0.05, 0.1) is 24.8 Å². The number of nitro benzene ring substituents is 1. The van der Waals surface area contributed by atoms with Gasteiger partial charge in [0.15, 0.2) is 5.75 Å². The highest BCUT2D eigenvalue weighted by Crippen LogP contribution is 2.36. The second-order valence-electron chi connectivity index (χ2n) is 5.36. The minimum atomic E-state index is -0.737. The monoisotopic (exact) mass is 358 g/mol. The van der Waals surface area contributed by atoms with Crippen molar-refractivity contribution < 1.29 is 19.6 Å². The quantitative estimate of drug-likeness (QED) is 0.396. The number of nitrogens with zero attached hydrogens (tertiary/aromatic N) is 2. The van der Waals surface area contributed by atoms with Crippen molar-refractivity contribution in [3.63, 3.8) is 0 Å². The summed E-state index contributed by atoms with van der Waals surface area (Å²) in [6.45, 7) is 1.96. The van der Waals surface area contributed by atoms with Gasteiger partial charge in [0, 0.05) is 17.3 Å². The van der Waals surface area contributed by atoms with E-state index in [0.29, 0.717) is 5.56 Å². The number of ether oxygens (including phenoxy) is 1. The number of hydrazone groups is 1. The zero-order valence-corrected chi connectivity index (χ0v) is 14.2. The van der Waals surface area contributed by atoms with Crippen LogP contribution in [0.4, 0.5) is 11.4 Å². The van der Waals surface area contributed by atoms with Gasteiger partial charge in [-0.25, -0.2) is 5.43 Å². The van der Waals surface area contributed by atoms with Crippen molar-refractivity contribution >= 4 is 23.5 Å². The number of aryl methyl sites for hydroxylation is 1. The second-order valence-corrected chi connectivity index (χ2v) is 5.36. The van der Waals surface area contributed by atoms with Crippen LogP contribution in [0.5, 0.6) is 11.5 Å². The zero-order chi connectivity index (χ0) is 19.1. The predicted molar refractivity (Wildman–Crippen MR) is 96.7 cm³/mol. The average Bonchev–Trinajstić information content (AvgIpc) is 2.61. The maximum absolute atomic E-state index is 11.8. The Labute approximate surface area is 149 Å². The van der Waals surface area contributed by atoms with Crippen LogP contribution in [-0.2, 0) is 4.79 Å². The number of hydrogen-bond acceptors (Lipinski definition) is 7. The Bertz CT molecular complexity index is 851. The lowest BCUT2D eigenvalue weighted by Crippen LogP contribution is -2.25. The molecule has 0 aliphatic carbocycles. The van der Waals surface area contributed by atoms with Gasteiger partial charge in [-0.05, 0) is 30.7 Å². The van der Waals surface area contributed by atoms with E-state index >= 15 is 0 Å². The van der Waals surface area contributed by atoms with E-state index in [0.717, 1.165) is 17.3 Å². The molecule has 2 aromatic carbocycles. The van der Waals surface area contributed by atoms with Gasteiger partial charge < -0.3 is 15.2 Å². The number of amides is 1. The number of anilines is 1. The van der Waals surface area contributed by atoms with Crippen molar-refractivity contribution in [2.45, 2.75) is 6.92 Å². The van der Waals surface area contributed by atoms with Gasteiger partial charge in [-0.15, -0.1) is 0 Å². The van der Waals surface area contributed by atoms with E-state index in [1.54, 1.807) is 0 Å². The standard InChI is InChI=1S/C17H18N4O5/c1-11-4-3-5-13(6-11)18-10-16(22)20-19-9-12-7-14(21(24)25)17(23)15(8-12)26-2/h3-9,18,23H,10H2,1-2H3,(H,20,22)/b19-9+. The Morgan fingerprint density at radius 1 is 1.38 bits per heavy atom. The number of phenolic OH excluding ortho intramolecular Hbond substituents is 1. The largest absolute Gasteiger partial charge is 0.500 e. The summed E-state index contributed by atoms with van der Waals surface area (Å²) >= 11 is 0. The molecule has 0 aromatic heterocycles. The third-order valence-electron chi connectivity index (χ3n) is 3.37. The molecule has 0 fully saturated rings. The van der Waals surface area contributed by atoms with Crippen molar-refractivity contribution in [2.75, 3.05) is 19.0 Å². The van der Waals surface area contributed by atoms with E-state index in [9.17, 15) is 20.0 Å². The average molecular weight is 358 g/mol. The summed E-state index contributed by atoms with van der Waals surface area (Å²) < 4.78 is 4.89. The fourth-order valence-electron chi connectivity index (χ4n) is 2.14. The fourth-order valence-corrected chi connectivity index (χ4v) is 2.14. The van der Waals surface area contributed by atoms with Crippen LogP contribution < -0.4 is 15.5 Å². The lowest BCUT2D eigenvalue weighted by atomic mass is 10.2. The van der Waals surface area contributed by atoms with Gasteiger partial charge in [-0.1, -0.05) is 12.1 Å². The summed E-state index contributed by atoms with van der Waals surface area (Å²) in [4.78, 5) is 22.0. The first kappa shape index (κ1) is 18.7. The number of aromatic hydroxyl groups is 1. The SMILES string of the molecule is COc1cc(/C=N/NC(=O)CNc2cccc(C)c2)cc([N+](=O)[O-])c1O. The van der Waals surface area contributed by atoms with Crippen molar-refractivity contribution in [2.24, 2.45) is 5.10 Å². The van der Waals surface area contributed by atoms with Gasteiger partial charge in [0.2, 0.25) is 5.75 Å². The van der Waals surface area contributed by atoms with Crippen LogP contribution in [0.25, 0.3) is 0 Å². The molecule has 2 rings (SSSR count). The molecule has 136 valence electrons. The van der Waals surface area contributed by atoms with Gasteiger partial charge in [-0.2, -0.15) is 5.10 Å². The van der Waals surface area contributed by atoms with Crippen LogP contribution in [0.3, 0.4) is 0 Å². The number of methoxy groups -OCH3 is 1. The highest BCUT2D eigenvalue weighted by Gasteiger charge is 2.19. The number of benzene rings is 2. The number of hydrogen-bond donors (Lipinski definition) is 3. The molecule has 0 bridgehead atoms. The van der Waals surface area contributed by atoms with E-state index in [2.05, 4.69) is 15.8 Å². The maximum atomic E-state index is 11.8. The lowest BCUT2D eigenvalue weighted by molar-refractivity contribution is -0.386. The summed E-state index contributed by atoms with van der Waals surface area (Å²) in [5.74, 6) is -1.02. The molecule has 0 atom stereocenters. The Hall–Kier alpha value is -3.62. The number of nitro groups is 1. The maximum Gasteiger partial charge on any atom is 0.315 e. The molecule has 2 aromatic rings. The third-order valence-corrected chi connectivity index (χ3v) is 3.37. The smallest absolute Gasteiger partial charge is 0.315 e. The van der Waals surface area contributed by atoms with E-state index in [1.807, 2.05) is 31.2 Å². The zero-order valence-electron chi connectivity index (χ0n) is 14.2. The van der Waals surface area contributed by atoms with Crippen LogP contribution in [0, 0.1) is 17.0 Å². The normalized spacial score (nSPS) is 10.5. The highest BCUT2D eigenvalue weighted by atomic mass is 16.6. The van der Waals surface area contributed by atoms with Crippen molar-refractivity contribution in [3.05, 3.63) is 57.6 Å². The molecule has 0 unspecified atom stereocenters. The van der Waals surface area contributed by atoms with Crippen molar-refractivity contribution in [3.8, 4) is 11.5 Å². The molecular weight excluding hydrogens is 340 g/mol. The van der Waals surface area contributed by atoms with Gasteiger partial charge in [-0.3, -0.25) is 14.9 Å². The number of carbonyl (C=O) groups is 1. The first-order valence-electron chi connectivity index (χ1n) is 7.58. The lowest BCUT2D eigenvalue weighted by Gasteiger charge is -2.06. The topological polar surface area (TPSA) is 126 Å². The van der Waals surface area contributed by atoms with E-state index < -0.39 is 16.4 Å². The second kappa shape index (κ2) is 8.47. The first-order valence-corrected chi connectivity index (χ1v) is 7.58. The molecule has 0 radical (unpaired) electrons. The van der Waals surface area contributed by atoms with Crippen molar-refractivity contribution in [1.82, 2.24) is 5.43 Å². The van der Waals surface area contributed by atoms with Gasteiger partial charge in [0.25, 0.3) is 5.91 Å². The number of carbonyl (C=O) groups excluding carboxylic acids is 1. The molecule has 0 aliphatic heterocycles. The molecule has 9 nitrogen and oxygen atoms in total. The summed E-state index contributed by atoms with van der Waals surface area (Å²) in [6.07, 6.45) is 1.22. The highest BCUT2D eigenvalue weighted by molar-refractivity contribution is 5.86. The molecule has 9 heteroatoms. The molecule has 0 heterocycles. The number of phenols is 1. The summed E-state index contributed by atoms with van der Waals surface area (Å²) in [7, 11) is 1.28. The molecule has 0 spiro atoms. The number of nitrogens with one attached hydrogen (secondary N) is 2. The minimum absolute atomic E-state index is 0.0137. The number of rotatable bonds is 7. The first-order chi connectivity index (χ1) is 12.4. The fraction of sp³-hybridized carbons (Fsp3) is 0.176. The van der Waals surface area contributed by atoms with Crippen LogP contribution >= 0.6 is 0 Å². The predicted octanol–water partition coefficient (Wildman–Crippen LogP) is 2.18. The Kier molecular flexibility index (Phi) is 6.10. The van der Waals surface area contributed by atoms with Crippen LogP contribution in [0.2, 0.25) is 0 Å². The summed E-state index contributed by atoms with van der Waals surface area (Å²) in [5, 5.41) is 27.3. The van der Waals surface area contributed by atoms with Gasteiger partial charge in [0.1, 0.15) is 0 Å². The minimum Gasteiger partial charge on any atom is -0.500 e. The van der Waals surface area contributed by atoms with Gasteiger partial charge >= 0.3 is 5.69 Å². The third kappa shape index (κ3) is 4.94. The molecule has 1 amide bonds. The van der Waals surface area contributed by atoms with Crippen LogP contribution in [0.1, 0.15) is 11.1 Å². The molecule has 0 saturated carbocycles. The van der Waals surface area contributed by atoms with E-state index in [1.165, 1.54) is 19.4 Å². The van der Waals surface area contributed by atoms with E-state index in [-0.39, 0.29) is 18.2 Å². The summed E-state index contributed by atoms with van der Waals surface area (Å²) in [6, 6.07) is 10.0. The molecular formula is C17H18N4O5. The Morgan fingerprint density at radius 3 is 2.81 bits per heavy atom. The van der Waals surface area contributed by atoms with Crippen LogP contribution in [-0.4, -0.2) is 35.8 Å².